The van der Waals surface area contributed by atoms with Crippen molar-refractivity contribution < 1.29 is 4.79 Å². The van der Waals surface area contributed by atoms with E-state index in [0.717, 1.165) is 5.56 Å². The van der Waals surface area contributed by atoms with Crippen LogP contribution in [0.5, 0.6) is 0 Å². The van der Waals surface area contributed by atoms with Crippen molar-refractivity contribution >= 4 is 52.2 Å². The minimum absolute atomic E-state index is 0.391. The lowest BCUT2D eigenvalue weighted by Gasteiger charge is -2.07. The van der Waals surface area contributed by atoms with Crippen LogP contribution in [0.2, 0.25) is 15.1 Å². The Bertz CT molecular complexity index is 890. The number of anilines is 2. The van der Waals surface area contributed by atoms with Gasteiger partial charge < -0.3 is 10.6 Å². The van der Waals surface area contributed by atoms with E-state index in [0.29, 0.717) is 33.0 Å². The maximum atomic E-state index is 12.0. The van der Waals surface area contributed by atoms with E-state index in [1.54, 1.807) is 59.5 Å². The van der Waals surface area contributed by atoms with Crippen LogP contribution in [0, 0.1) is 0 Å². The van der Waals surface area contributed by atoms with Crippen molar-refractivity contribution in [2.45, 2.75) is 6.54 Å². The first-order chi connectivity index (χ1) is 12.0. The first-order valence-corrected chi connectivity index (χ1v) is 8.43. The largest absolute Gasteiger partial charge is 0.323 e. The van der Waals surface area contributed by atoms with Gasteiger partial charge in [0.15, 0.2) is 0 Å². The molecule has 2 amide bonds. The Kier molecular flexibility index (Phi) is 5.48. The molecule has 3 rings (SSSR count). The van der Waals surface area contributed by atoms with Crippen LogP contribution in [-0.2, 0) is 6.54 Å². The van der Waals surface area contributed by atoms with E-state index in [1.165, 1.54) is 0 Å². The molecule has 0 aliphatic heterocycles. The summed E-state index contributed by atoms with van der Waals surface area (Å²) in [5.74, 6) is 0. The van der Waals surface area contributed by atoms with Crippen LogP contribution in [-0.4, -0.2) is 15.8 Å². The second-order valence-electron chi connectivity index (χ2n) is 5.22. The molecule has 2 aromatic carbocycles. The van der Waals surface area contributed by atoms with Gasteiger partial charge in [-0.2, -0.15) is 5.10 Å². The lowest BCUT2D eigenvalue weighted by Crippen LogP contribution is -2.19. The summed E-state index contributed by atoms with van der Waals surface area (Å²) in [7, 11) is 0. The van der Waals surface area contributed by atoms with Crippen LogP contribution in [0.3, 0.4) is 0 Å². The third kappa shape index (κ3) is 4.66. The molecule has 0 unspecified atom stereocenters. The maximum absolute atomic E-state index is 12.0. The number of carbonyl (C=O) groups is 1. The van der Waals surface area contributed by atoms with Gasteiger partial charge in [-0.15, -0.1) is 0 Å². The van der Waals surface area contributed by atoms with Gasteiger partial charge in [0.1, 0.15) is 0 Å². The summed E-state index contributed by atoms with van der Waals surface area (Å²) < 4.78 is 1.64. The number of rotatable bonds is 4. The molecule has 25 heavy (non-hydrogen) atoms. The van der Waals surface area contributed by atoms with Crippen molar-refractivity contribution in [3.63, 3.8) is 0 Å². The highest BCUT2D eigenvalue weighted by atomic mass is 35.5. The van der Waals surface area contributed by atoms with E-state index in [1.807, 2.05) is 0 Å². The quantitative estimate of drug-likeness (QED) is 0.609. The summed E-state index contributed by atoms with van der Waals surface area (Å²) in [5, 5.41) is 11.3. The predicted octanol–water partition coefficient (Wildman–Crippen LogP) is 5.54. The Hall–Kier alpha value is -2.21. The highest BCUT2D eigenvalue weighted by Gasteiger charge is 2.09. The zero-order valence-corrected chi connectivity index (χ0v) is 15.1. The van der Waals surface area contributed by atoms with E-state index in [-0.39, 0.29) is 0 Å². The van der Waals surface area contributed by atoms with Gasteiger partial charge in [-0.05, 0) is 30.3 Å². The average molecular weight is 396 g/mol. The summed E-state index contributed by atoms with van der Waals surface area (Å²) >= 11 is 18.2. The molecule has 0 aliphatic carbocycles. The Balaban J connectivity index is 1.64. The monoisotopic (exact) mass is 394 g/mol. The molecule has 0 saturated heterocycles. The van der Waals surface area contributed by atoms with Gasteiger partial charge in [0.2, 0.25) is 0 Å². The summed E-state index contributed by atoms with van der Waals surface area (Å²) in [5.41, 5.74) is 1.91. The Labute approximate surface area is 159 Å². The molecular weight excluding hydrogens is 383 g/mol. The summed E-state index contributed by atoms with van der Waals surface area (Å²) in [6, 6.07) is 11.8. The number of amides is 2. The standard InChI is InChI=1S/C17H13Cl3N4O/c18-11-3-1-4-12(7-11)22-17(25)23-13-8-21-24(9-13)10-14-15(19)5-2-6-16(14)20/h1-9H,10H2,(H2,22,23,25). The number of hydrogen-bond acceptors (Lipinski definition) is 2. The Morgan fingerprint density at radius 1 is 1.00 bits per heavy atom. The smallest absolute Gasteiger partial charge is 0.308 e. The summed E-state index contributed by atoms with van der Waals surface area (Å²) in [6.07, 6.45) is 3.24. The van der Waals surface area contributed by atoms with Gasteiger partial charge in [-0.25, -0.2) is 4.79 Å². The van der Waals surface area contributed by atoms with E-state index < -0.39 is 6.03 Å². The van der Waals surface area contributed by atoms with Crippen molar-refractivity contribution in [2.75, 3.05) is 10.6 Å². The van der Waals surface area contributed by atoms with E-state index in [4.69, 9.17) is 34.8 Å². The fourth-order valence-corrected chi connectivity index (χ4v) is 2.93. The number of carbonyl (C=O) groups excluding carboxylic acids is 1. The minimum atomic E-state index is -0.391. The Morgan fingerprint density at radius 3 is 2.40 bits per heavy atom. The van der Waals surface area contributed by atoms with Crippen molar-refractivity contribution in [1.29, 1.82) is 0 Å². The molecule has 0 spiro atoms. The second kappa shape index (κ2) is 7.78. The highest BCUT2D eigenvalue weighted by Crippen LogP contribution is 2.25. The number of urea groups is 1. The van der Waals surface area contributed by atoms with Crippen molar-refractivity contribution in [1.82, 2.24) is 9.78 Å². The second-order valence-corrected chi connectivity index (χ2v) is 6.47. The van der Waals surface area contributed by atoms with E-state index >= 15 is 0 Å². The molecular formula is C17H13Cl3N4O. The molecule has 0 radical (unpaired) electrons. The number of benzene rings is 2. The van der Waals surface area contributed by atoms with E-state index in [9.17, 15) is 4.79 Å². The SMILES string of the molecule is O=C(Nc1cccc(Cl)c1)Nc1cnn(Cc2c(Cl)cccc2Cl)c1. The first-order valence-electron chi connectivity index (χ1n) is 7.30. The van der Waals surface area contributed by atoms with Gasteiger partial charge in [0, 0.05) is 32.5 Å². The van der Waals surface area contributed by atoms with Crippen LogP contribution in [0.25, 0.3) is 0 Å². The molecule has 0 aliphatic rings. The minimum Gasteiger partial charge on any atom is -0.308 e. The average Bonchev–Trinajstić information content (AvgIpc) is 2.98. The molecule has 1 aromatic heterocycles. The molecule has 0 fully saturated rings. The van der Waals surface area contributed by atoms with Crippen LogP contribution in [0.4, 0.5) is 16.2 Å². The van der Waals surface area contributed by atoms with Crippen LogP contribution < -0.4 is 10.6 Å². The zero-order chi connectivity index (χ0) is 17.8. The molecule has 3 aromatic rings. The lowest BCUT2D eigenvalue weighted by molar-refractivity contribution is 0.262. The lowest BCUT2D eigenvalue weighted by atomic mass is 10.2. The fraction of sp³-hybridized carbons (Fsp3) is 0.0588. The molecule has 0 bridgehead atoms. The van der Waals surface area contributed by atoms with Crippen LogP contribution in [0.1, 0.15) is 5.56 Å². The van der Waals surface area contributed by atoms with Crippen LogP contribution in [0.15, 0.2) is 54.9 Å². The highest BCUT2D eigenvalue weighted by molar-refractivity contribution is 6.36. The van der Waals surface area contributed by atoms with Crippen molar-refractivity contribution in [2.24, 2.45) is 0 Å². The topological polar surface area (TPSA) is 59.0 Å². The van der Waals surface area contributed by atoms with E-state index in [2.05, 4.69) is 15.7 Å². The third-order valence-electron chi connectivity index (χ3n) is 3.36. The molecule has 5 nitrogen and oxygen atoms in total. The number of nitrogens with zero attached hydrogens (tertiary/aromatic N) is 2. The van der Waals surface area contributed by atoms with Crippen molar-refractivity contribution in [3.8, 4) is 0 Å². The predicted molar refractivity (Wildman–Crippen MR) is 102 cm³/mol. The molecule has 1 heterocycles. The van der Waals surface area contributed by atoms with Crippen molar-refractivity contribution in [3.05, 3.63) is 75.5 Å². The number of nitrogens with one attached hydrogen (secondary N) is 2. The normalized spacial score (nSPS) is 10.5. The van der Waals surface area contributed by atoms with Gasteiger partial charge in [-0.3, -0.25) is 4.68 Å². The summed E-state index contributed by atoms with van der Waals surface area (Å²) in [6.45, 7) is 0.399. The molecule has 8 heteroatoms. The summed E-state index contributed by atoms with van der Waals surface area (Å²) in [4.78, 5) is 12.0. The maximum Gasteiger partial charge on any atom is 0.323 e. The van der Waals surface area contributed by atoms with Gasteiger partial charge in [0.25, 0.3) is 0 Å². The first kappa shape index (κ1) is 17.6. The fourth-order valence-electron chi connectivity index (χ4n) is 2.22. The zero-order valence-electron chi connectivity index (χ0n) is 12.8. The molecule has 0 atom stereocenters. The third-order valence-corrected chi connectivity index (χ3v) is 4.30. The molecule has 128 valence electrons. The molecule has 0 saturated carbocycles. The van der Waals surface area contributed by atoms with Gasteiger partial charge >= 0.3 is 6.03 Å². The number of aromatic nitrogens is 2. The van der Waals surface area contributed by atoms with Gasteiger partial charge in [0.05, 0.1) is 18.4 Å². The number of halogens is 3. The molecule has 2 N–H and O–H groups in total. The number of hydrogen-bond donors (Lipinski definition) is 2. The van der Waals surface area contributed by atoms with Gasteiger partial charge in [-0.1, -0.05) is 46.9 Å². The Morgan fingerprint density at radius 2 is 1.68 bits per heavy atom. The van der Waals surface area contributed by atoms with Crippen LogP contribution >= 0.6 is 34.8 Å².